The molecule has 1 aromatic carbocycles. The van der Waals surface area contributed by atoms with Crippen molar-refractivity contribution in [3.63, 3.8) is 0 Å². The molecule has 26 heavy (non-hydrogen) atoms. The monoisotopic (exact) mass is 388 g/mol. The maximum atomic E-state index is 12.5. The molecule has 0 atom stereocenters. The summed E-state index contributed by atoms with van der Waals surface area (Å²) in [7, 11) is 1.61. The zero-order valence-corrected chi connectivity index (χ0v) is 15.6. The molecule has 0 aliphatic rings. The maximum Gasteiger partial charge on any atom is 0.264 e. The molecule has 2 heterocycles. The van der Waals surface area contributed by atoms with Gasteiger partial charge >= 0.3 is 0 Å². The van der Waals surface area contributed by atoms with Gasteiger partial charge in [0.25, 0.3) is 5.91 Å². The number of furan rings is 1. The molecule has 2 amide bonds. The fraction of sp³-hybridized carbons (Fsp3) is 0.158. The molecule has 3 rings (SSSR count). The number of likely N-dealkylation sites (N-methyl/N-ethyl adjacent to an activating group) is 1. The van der Waals surface area contributed by atoms with Crippen molar-refractivity contribution in [2.75, 3.05) is 13.6 Å². The lowest BCUT2D eigenvalue weighted by Gasteiger charge is -2.15. The number of amides is 2. The largest absolute Gasteiger partial charge is 0.467 e. The van der Waals surface area contributed by atoms with E-state index in [0.717, 1.165) is 10.4 Å². The van der Waals surface area contributed by atoms with E-state index in [4.69, 9.17) is 16.0 Å². The lowest BCUT2D eigenvalue weighted by molar-refractivity contribution is -0.121. The van der Waals surface area contributed by atoms with Gasteiger partial charge in [-0.05, 0) is 42.0 Å². The van der Waals surface area contributed by atoms with Gasteiger partial charge in [-0.3, -0.25) is 9.59 Å². The van der Waals surface area contributed by atoms with Crippen LogP contribution in [0.5, 0.6) is 0 Å². The van der Waals surface area contributed by atoms with Gasteiger partial charge in [-0.2, -0.15) is 0 Å². The number of nitrogens with zero attached hydrogens (tertiary/aromatic N) is 1. The number of carbonyl (C=O) groups excluding carboxylic acids is 2. The van der Waals surface area contributed by atoms with Crippen molar-refractivity contribution >= 4 is 34.8 Å². The SMILES string of the molecule is CN(CC(=O)NCc1ccco1)C(=O)c1ccc(-c2ccc(Cl)cc2)s1. The van der Waals surface area contributed by atoms with Crippen LogP contribution < -0.4 is 5.32 Å². The Morgan fingerprint density at radius 3 is 2.62 bits per heavy atom. The van der Waals surface area contributed by atoms with Gasteiger partial charge in [0.05, 0.1) is 24.2 Å². The molecule has 5 nitrogen and oxygen atoms in total. The van der Waals surface area contributed by atoms with Crippen molar-refractivity contribution in [2.24, 2.45) is 0 Å². The van der Waals surface area contributed by atoms with Crippen LogP contribution in [0.1, 0.15) is 15.4 Å². The van der Waals surface area contributed by atoms with Crippen molar-refractivity contribution in [3.8, 4) is 10.4 Å². The molecular formula is C19H17ClN2O3S. The van der Waals surface area contributed by atoms with E-state index in [-0.39, 0.29) is 18.4 Å². The van der Waals surface area contributed by atoms with E-state index in [2.05, 4.69) is 5.32 Å². The minimum Gasteiger partial charge on any atom is -0.467 e. The molecule has 2 aromatic heterocycles. The minimum atomic E-state index is -0.244. The highest BCUT2D eigenvalue weighted by Gasteiger charge is 2.17. The van der Waals surface area contributed by atoms with Crippen molar-refractivity contribution < 1.29 is 14.0 Å². The standard InChI is InChI=1S/C19H17ClN2O3S/c1-22(12-18(23)21-11-15-3-2-10-25-15)19(24)17-9-8-16(26-17)13-4-6-14(20)7-5-13/h2-10H,11-12H2,1H3,(H,21,23). The first-order chi connectivity index (χ1) is 12.5. The molecule has 3 aromatic rings. The zero-order valence-electron chi connectivity index (χ0n) is 14.1. The van der Waals surface area contributed by atoms with Crippen molar-refractivity contribution in [1.82, 2.24) is 10.2 Å². The molecule has 134 valence electrons. The van der Waals surface area contributed by atoms with Gasteiger partial charge in [0.15, 0.2) is 0 Å². The first kappa shape index (κ1) is 18.2. The van der Waals surface area contributed by atoms with Crippen molar-refractivity contribution in [2.45, 2.75) is 6.54 Å². The predicted molar refractivity (Wildman–Crippen MR) is 102 cm³/mol. The first-order valence-corrected chi connectivity index (χ1v) is 9.12. The van der Waals surface area contributed by atoms with Crippen LogP contribution in [0.15, 0.2) is 59.2 Å². The van der Waals surface area contributed by atoms with E-state index in [9.17, 15) is 9.59 Å². The second-order valence-electron chi connectivity index (χ2n) is 5.69. The van der Waals surface area contributed by atoms with Gasteiger partial charge in [-0.25, -0.2) is 0 Å². The first-order valence-electron chi connectivity index (χ1n) is 7.93. The number of hydrogen-bond donors (Lipinski definition) is 1. The lowest BCUT2D eigenvalue weighted by atomic mass is 10.2. The number of thiophene rings is 1. The Morgan fingerprint density at radius 1 is 1.15 bits per heavy atom. The Morgan fingerprint density at radius 2 is 1.92 bits per heavy atom. The third-order valence-electron chi connectivity index (χ3n) is 3.71. The summed E-state index contributed by atoms with van der Waals surface area (Å²) in [5, 5.41) is 3.39. The van der Waals surface area contributed by atoms with Crippen molar-refractivity contribution in [3.05, 3.63) is 70.5 Å². The van der Waals surface area contributed by atoms with Crippen molar-refractivity contribution in [1.29, 1.82) is 0 Å². The number of benzene rings is 1. The molecule has 0 aliphatic carbocycles. The third kappa shape index (κ3) is 4.53. The maximum absolute atomic E-state index is 12.5. The number of nitrogens with one attached hydrogen (secondary N) is 1. The van der Waals surface area contributed by atoms with Gasteiger partial charge in [-0.1, -0.05) is 23.7 Å². The van der Waals surface area contributed by atoms with Crippen LogP contribution in [0.4, 0.5) is 0 Å². The molecule has 0 unspecified atom stereocenters. The van der Waals surface area contributed by atoms with E-state index in [0.29, 0.717) is 22.2 Å². The number of hydrogen-bond acceptors (Lipinski definition) is 4. The summed E-state index contributed by atoms with van der Waals surface area (Å²) in [4.78, 5) is 27.5. The number of carbonyl (C=O) groups is 2. The molecule has 0 saturated carbocycles. The predicted octanol–water partition coefficient (Wildman–Crippen LogP) is 4.05. The summed E-state index contributed by atoms with van der Waals surface area (Å²) in [5.41, 5.74) is 0.997. The Bertz CT molecular complexity index is 888. The van der Waals surface area contributed by atoms with E-state index < -0.39 is 0 Å². The van der Waals surface area contributed by atoms with Gasteiger partial charge in [0.1, 0.15) is 5.76 Å². The van der Waals surface area contributed by atoms with Crippen LogP contribution in [-0.4, -0.2) is 30.3 Å². The van der Waals surface area contributed by atoms with Crippen LogP contribution in [0.3, 0.4) is 0 Å². The average molecular weight is 389 g/mol. The third-order valence-corrected chi connectivity index (χ3v) is 5.09. The van der Waals surface area contributed by atoms with Gasteiger partial charge in [0.2, 0.25) is 5.91 Å². The Balaban J connectivity index is 1.58. The summed E-state index contributed by atoms with van der Waals surface area (Å²) < 4.78 is 5.16. The molecule has 0 radical (unpaired) electrons. The topological polar surface area (TPSA) is 62.6 Å². The fourth-order valence-electron chi connectivity index (χ4n) is 2.35. The van der Waals surface area contributed by atoms with Crippen LogP contribution in [-0.2, 0) is 11.3 Å². The van der Waals surface area contributed by atoms with E-state index in [1.165, 1.54) is 16.2 Å². The van der Waals surface area contributed by atoms with E-state index in [1.807, 2.05) is 30.3 Å². The normalized spacial score (nSPS) is 10.5. The van der Waals surface area contributed by atoms with E-state index >= 15 is 0 Å². The molecule has 0 saturated heterocycles. The summed E-state index contributed by atoms with van der Waals surface area (Å²) in [6.45, 7) is 0.279. The second-order valence-corrected chi connectivity index (χ2v) is 7.21. The molecule has 0 spiro atoms. The van der Waals surface area contributed by atoms with Gasteiger partial charge < -0.3 is 14.6 Å². The number of rotatable bonds is 6. The highest BCUT2D eigenvalue weighted by Crippen LogP contribution is 2.29. The quantitative estimate of drug-likeness (QED) is 0.692. The van der Waals surface area contributed by atoms with Crippen LogP contribution >= 0.6 is 22.9 Å². The molecule has 0 fully saturated rings. The minimum absolute atomic E-state index is 0.0201. The molecule has 7 heteroatoms. The Kier molecular flexibility index (Phi) is 5.75. The summed E-state index contributed by atoms with van der Waals surface area (Å²) in [6.07, 6.45) is 1.55. The van der Waals surface area contributed by atoms with Crippen LogP contribution in [0.2, 0.25) is 5.02 Å². The molecule has 0 aliphatic heterocycles. The van der Waals surface area contributed by atoms with Crippen LogP contribution in [0.25, 0.3) is 10.4 Å². The average Bonchev–Trinajstić information content (AvgIpc) is 3.32. The lowest BCUT2D eigenvalue weighted by Crippen LogP contribution is -2.37. The highest BCUT2D eigenvalue weighted by molar-refractivity contribution is 7.17. The molecular weight excluding hydrogens is 372 g/mol. The van der Waals surface area contributed by atoms with E-state index in [1.54, 1.807) is 31.5 Å². The Hall–Kier alpha value is -2.57. The smallest absolute Gasteiger partial charge is 0.264 e. The molecule has 1 N–H and O–H groups in total. The van der Waals surface area contributed by atoms with Crippen LogP contribution in [0, 0.1) is 0 Å². The Labute approximate surface area is 160 Å². The van der Waals surface area contributed by atoms with Gasteiger partial charge in [-0.15, -0.1) is 11.3 Å². The number of halogens is 1. The second kappa shape index (κ2) is 8.21. The van der Waals surface area contributed by atoms with Gasteiger partial charge in [0, 0.05) is 16.9 Å². The highest BCUT2D eigenvalue weighted by atomic mass is 35.5. The zero-order chi connectivity index (χ0) is 18.5. The summed E-state index contributed by atoms with van der Waals surface area (Å²) in [5.74, 6) is 0.230. The molecule has 0 bridgehead atoms. The fourth-order valence-corrected chi connectivity index (χ4v) is 3.48. The summed E-state index contributed by atoms with van der Waals surface area (Å²) >= 11 is 7.29. The summed E-state index contributed by atoms with van der Waals surface area (Å²) in [6, 6.07) is 14.6.